The molecule has 1 aromatic rings. The molecule has 6 heteroatoms. The first-order chi connectivity index (χ1) is 10.1. The lowest BCUT2D eigenvalue weighted by atomic mass is 9.82. The van der Waals surface area contributed by atoms with Crippen LogP contribution in [0.2, 0.25) is 0 Å². The molecule has 2 aliphatic rings. The van der Waals surface area contributed by atoms with E-state index in [1.807, 2.05) is 13.8 Å². The second kappa shape index (κ2) is 6.02. The van der Waals surface area contributed by atoms with Crippen LogP contribution in [0.3, 0.4) is 0 Å². The number of rotatable bonds is 3. The number of hydrogen-bond donors (Lipinski definition) is 1. The van der Waals surface area contributed by atoms with Crippen LogP contribution in [0.4, 0.5) is 0 Å². The lowest BCUT2D eigenvalue weighted by Gasteiger charge is -2.46. The molecule has 0 aromatic carbocycles. The third kappa shape index (κ3) is 3.12. The highest BCUT2D eigenvalue weighted by molar-refractivity contribution is 4.96. The van der Waals surface area contributed by atoms with Crippen molar-refractivity contribution in [3.05, 3.63) is 11.8 Å². The summed E-state index contributed by atoms with van der Waals surface area (Å²) in [7, 11) is 0. The van der Waals surface area contributed by atoms with Crippen molar-refractivity contribution in [2.24, 2.45) is 0 Å². The number of ether oxygens (including phenoxy) is 1. The Morgan fingerprint density at radius 1 is 1.33 bits per heavy atom. The highest BCUT2D eigenvalue weighted by Crippen LogP contribution is 2.35. The summed E-state index contributed by atoms with van der Waals surface area (Å²) in [5.41, 5.74) is -0.313. The number of piperidine rings is 1. The third-order valence-electron chi connectivity index (χ3n) is 4.66. The molecule has 1 N–H and O–H groups in total. The number of nitrogens with zero attached hydrogens (tertiary/aromatic N) is 3. The molecule has 2 aliphatic heterocycles. The summed E-state index contributed by atoms with van der Waals surface area (Å²) in [6, 6.07) is 0. The standard InChI is InChI=1S/C15H25N3O3/c1-11(2)14-17-16-13(21-14)10-18-7-5-15(6-8-18)12(19)4-3-9-20-15/h11-12,19H,3-10H2,1-2H3/t12-/m0/s1. The first kappa shape index (κ1) is 14.9. The van der Waals surface area contributed by atoms with Gasteiger partial charge >= 0.3 is 0 Å². The fraction of sp³-hybridized carbons (Fsp3) is 0.867. The minimum Gasteiger partial charge on any atom is -0.424 e. The molecule has 2 saturated heterocycles. The molecule has 3 rings (SSSR count). The van der Waals surface area contributed by atoms with E-state index in [0.717, 1.165) is 45.4 Å². The van der Waals surface area contributed by atoms with E-state index in [-0.39, 0.29) is 17.6 Å². The Kier molecular flexibility index (Phi) is 4.28. The van der Waals surface area contributed by atoms with Gasteiger partial charge in [0, 0.05) is 25.6 Å². The summed E-state index contributed by atoms with van der Waals surface area (Å²) in [5, 5.41) is 18.4. The van der Waals surface area contributed by atoms with Crippen molar-refractivity contribution in [3.63, 3.8) is 0 Å². The molecule has 2 fully saturated rings. The van der Waals surface area contributed by atoms with E-state index in [1.165, 1.54) is 0 Å². The van der Waals surface area contributed by atoms with Gasteiger partial charge in [0.25, 0.3) is 0 Å². The van der Waals surface area contributed by atoms with E-state index in [1.54, 1.807) is 0 Å². The molecular weight excluding hydrogens is 270 g/mol. The Hall–Kier alpha value is -0.980. The zero-order valence-electron chi connectivity index (χ0n) is 12.9. The van der Waals surface area contributed by atoms with Crippen LogP contribution in [-0.2, 0) is 11.3 Å². The van der Waals surface area contributed by atoms with Crippen LogP contribution in [0.5, 0.6) is 0 Å². The van der Waals surface area contributed by atoms with Crippen molar-refractivity contribution >= 4 is 0 Å². The number of aliphatic hydroxyl groups is 1. The number of hydrogen-bond acceptors (Lipinski definition) is 6. The fourth-order valence-corrected chi connectivity index (χ4v) is 3.23. The smallest absolute Gasteiger partial charge is 0.230 e. The van der Waals surface area contributed by atoms with Gasteiger partial charge in [-0.15, -0.1) is 10.2 Å². The average molecular weight is 295 g/mol. The van der Waals surface area contributed by atoms with E-state index >= 15 is 0 Å². The predicted octanol–water partition coefficient (Wildman–Crippen LogP) is 1.70. The first-order valence-corrected chi connectivity index (χ1v) is 7.96. The van der Waals surface area contributed by atoms with Crippen molar-refractivity contribution in [1.29, 1.82) is 0 Å². The molecule has 0 unspecified atom stereocenters. The second-order valence-electron chi connectivity index (χ2n) is 6.54. The van der Waals surface area contributed by atoms with Crippen LogP contribution < -0.4 is 0 Å². The maximum absolute atomic E-state index is 10.2. The van der Waals surface area contributed by atoms with Crippen molar-refractivity contribution in [2.75, 3.05) is 19.7 Å². The van der Waals surface area contributed by atoms with Crippen LogP contribution in [0.25, 0.3) is 0 Å². The Labute approximate surface area is 125 Å². The van der Waals surface area contributed by atoms with Gasteiger partial charge in [-0.1, -0.05) is 13.8 Å². The topological polar surface area (TPSA) is 71.6 Å². The lowest BCUT2D eigenvalue weighted by molar-refractivity contribution is -0.177. The largest absolute Gasteiger partial charge is 0.424 e. The molecule has 0 radical (unpaired) electrons. The molecule has 1 atom stereocenters. The molecule has 0 bridgehead atoms. The van der Waals surface area contributed by atoms with Crippen molar-refractivity contribution in [1.82, 2.24) is 15.1 Å². The van der Waals surface area contributed by atoms with Gasteiger partial charge in [0.1, 0.15) is 0 Å². The summed E-state index contributed by atoms with van der Waals surface area (Å²) < 4.78 is 11.6. The molecule has 1 spiro atoms. The fourth-order valence-electron chi connectivity index (χ4n) is 3.23. The molecule has 21 heavy (non-hydrogen) atoms. The van der Waals surface area contributed by atoms with Gasteiger partial charge in [0.15, 0.2) is 0 Å². The summed E-state index contributed by atoms with van der Waals surface area (Å²) >= 11 is 0. The SMILES string of the molecule is CC(C)c1nnc(CN2CCC3(CC2)OCCC[C@@H]3O)o1. The van der Waals surface area contributed by atoms with Crippen LogP contribution in [0.1, 0.15) is 57.2 Å². The molecule has 0 saturated carbocycles. The number of aliphatic hydroxyl groups excluding tert-OH is 1. The Morgan fingerprint density at radius 3 is 2.71 bits per heavy atom. The maximum atomic E-state index is 10.2. The summed E-state index contributed by atoms with van der Waals surface area (Å²) in [6.45, 7) is 7.35. The maximum Gasteiger partial charge on any atom is 0.230 e. The van der Waals surface area contributed by atoms with Gasteiger partial charge in [0.05, 0.1) is 18.2 Å². The summed E-state index contributed by atoms with van der Waals surface area (Å²) in [5.74, 6) is 1.64. The van der Waals surface area contributed by atoms with Crippen molar-refractivity contribution in [2.45, 2.75) is 63.7 Å². The first-order valence-electron chi connectivity index (χ1n) is 7.96. The second-order valence-corrected chi connectivity index (χ2v) is 6.54. The Balaban J connectivity index is 1.55. The molecule has 1 aromatic heterocycles. The van der Waals surface area contributed by atoms with Crippen LogP contribution in [0.15, 0.2) is 4.42 Å². The van der Waals surface area contributed by atoms with Gasteiger partial charge in [-0.25, -0.2) is 0 Å². The van der Waals surface area contributed by atoms with Gasteiger partial charge in [0.2, 0.25) is 11.8 Å². The normalized spacial score (nSPS) is 26.6. The minimum atomic E-state index is -0.315. The zero-order valence-corrected chi connectivity index (χ0v) is 12.9. The molecular formula is C15H25N3O3. The third-order valence-corrected chi connectivity index (χ3v) is 4.66. The van der Waals surface area contributed by atoms with E-state index in [9.17, 15) is 5.11 Å². The van der Waals surface area contributed by atoms with Gasteiger partial charge < -0.3 is 14.3 Å². The lowest BCUT2D eigenvalue weighted by Crippen LogP contribution is -2.55. The van der Waals surface area contributed by atoms with E-state index in [0.29, 0.717) is 18.3 Å². The average Bonchev–Trinajstić information content (AvgIpc) is 2.94. The monoisotopic (exact) mass is 295 g/mol. The minimum absolute atomic E-state index is 0.265. The molecule has 3 heterocycles. The van der Waals surface area contributed by atoms with Gasteiger partial charge in [-0.3, -0.25) is 4.90 Å². The summed E-state index contributed by atoms with van der Waals surface area (Å²) in [4.78, 5) is 2.30. The number of aromatic nitrogens is 2. The van der Waals surface area contributed by atoms with Gasteiger partial charge in [-0.2, -0.15) is 0 Å². The Morgan fingerprint density at radius 2 is 2.10 bits per heavy atom. The van der Waals surface area contributed by atoms with E-state index < -0.39 is 0 Å². The van der Waals surface area contributed by atoms with E-state index in [2.05, 4.69) is 15.1 Å². The van der Waals surface area contributed by atoms with E-state index in [4.69, 9.17) is 9.15 Å². The zero-order chi connectivity index (χ0) is 14.9. The van der Waals surface area contributed by atoms with Crippen molar-refractivity contribution < 1.29 is 14.3 Å². The molecule has 0 amide bonds. The van der Waals surface area contributed by atoms with Crippen LogP contribution >= 0.6 is 0 Å². The quantitative estimate of drug-likeness (QED) is 0.915. The van der Waals surface area contributed by atoms with Crippen LogP contribution in [-0.4, -0.2) is 51.6 Å². The molecule has 6 nitrogen and oxygen atoms in total. The summed E-state index contributed by atoms with van der Waals surface area (Å²) in [6.07, 6.45) is 3.26. The molecule has 0 aliphatic carbocycles. The predicted molar refractivity (Wildman–Crippen MR) is 76.8 cm³/mol. The van der Waals surface area contributed by atoms with Crippen LogP contribution in [0, 0.1) is 0 Å². The van der Waals surface area contributed by atoms with Crippen molar-refractivity contribution in [3.8, 4) is 0 Å². The number of likely N-dealkylation sites (tertiary alicyclic amines) is 1. The highest BCUT2D eigenvalue weighted by Gasteiger charge is 2.43. The highest BCUT2D eigenvalue weighted by atomic mass is 16.5. The Bertz CT molecular complexity index is 466. The van der Waals surface area contributed by atoms with Gasteiger partial charge in [-0.05, 0) is 25.7 Å². The molecule has 118 valence electrons.